The lowest BCUT2D eigenvalue weighted by Gasteiger charge is -2.11. The average Bonchev–Trinajstić information content (AvgIpc) is 2.59. The van der Waals surface area contributed by atoms with Crippen molar-refractivity contribution in [3.05, 3.63) is 35.4 Å². The van der Waals surface area contributed by atoms with Crippen LogP contribution in [0, 0.1) is 0 Å². The Labute approximate surface area is 146 Å². The zero-order valence-electron chi connectivity index (χ0n) is 15.3. The van der Waals surface area contributed by atoms with Gasteiger partial charge in [0.05, 0.1) is 6.54 Å². The Morgan fingerprint density at radius 2 is 2.04 bits per heavy atom. The maximum atomic E-state index is 12.1. The van der Waals surface area contributed by atoms with Crippen molar-refractivity contribution in [3.63, 3.8) is 0 Å². The smallest absolute Gasteiger partial charge is 0.251 e. The number of carbonyl (C=O) groups excluding carboxylic acids is 1. The molecule has 1 unspecified atom stereocenters. The molecule has 0 aromatic heterocycles. The summed E-state index contributed by atoms with van der Waals surface area (Å²) in [6.07, 6.45) is 5.71. The summed E-state index contributed by atoms with van der Waals surface area (Å²) in [5.74, 6) is 0.415. The van der Waals surface area contributed by atoms with Crippen LogP contribution < -0.4 is 16.4 Å². The fourth-order valence-corrected chi connectivity index (χ4v) is 2.22. The van der Waals surface area contributed by atoms with E-state index in [9.17, 15) is 4.79 Å². The van der Waals surface area contributed by atoms with Gasteiger partial charge < -0.3 is 16.4 Å². The molecule has 1 rings (SSSR count). The molecule has 5 nitrogen and oxygen atoms in total. The van der Waals surface area contributed by atoms with E-state index in [0.29, 0.717) is 18.1 Å². The lowest BCUT2D eigenvalue weighted by atomic mass is 10.1. The number of nitrogens with zero attached hydrogens (tertiary/aromatic N) is 1. The first kappa shape index (κ1) is 20.0. The molecule has 1 aromatic rings. The Balaban J connectivity index is 2.48. The van der Waals surface area contributed by atoms with Crippen molar-refractivity contribution in [1.29, 1.82) is 0 Å². The van der Waals surface area contributed by atoms with Crippen molar-refractivity contribution < 1.29 is 4.79 Å². The Kier molecular flexibility index (Phi) is 9.58. The van der Waals surface area contributed by atoms with E-state index < -0.39 is 0 Å². The topological polar surface area (TPSA) is 79.5 Å². The molecule has 1 atom stereocenters. The number of nitrogens with two attached hydrogens (primary N) is 1. The summed E-state index contributed by atoms with van der Waals surface area (Å²) in [6.45, 7) is 7.57. The van der Waals surface area contributed by atoms with Gasteiger partial charge in [-0.05, 0) is 37.5 Å². The Bertz CT molecular complexity index is 528. The third kappa shape index (κ3) is 7.99. The molecule has 0 fully saturated rings. The second kappa shape index (κ2) is 11.5. The summed E-state index contributed by atoms with van der Waals surface area (Å²) in [5, 5.41) is 6.10. The summed E-state index contributed by atoms with van der Waals surface area (Å²) >= 11 is 0. The number of rotatable bonds is 10. The van der Waals surface area contributed by atoms with Gasteiger partial charge in [0.15, 0.2) is 5.96 Å². The number of aliphatic imine (C=N–C) groups is 1. The number of nitrogens with one attached hydrogen (secondary N) is 2. The molecule has 4 N–H and O–H groups in total. The highest BCUT2D eigenvalue weighted by Gasteiger charge is 2.08. The largest absolute Gasteiger partial charge is 0.370 e. The monoisotopic (exact) mass is 332 g/mol. The van der Waals surface area contributed by atoms with Gasteiger partial charge in [-0.25, -0.2) is 4.99 Å². The quantitative estimate of drug-likeness (QED) is 0.350. The number of amides is 1. The maximum Gasteiger partial charge on any atom is 0.251 e. The SMILES string of the molecule is CCCCCCNC(N)=NCc1cccc(C(=O)NC(C)CC)c1. The maximum absolute atomic E-state index is 12.1. The van der Waals surface area contributed by atoms with Crippen LogP contribution in [0.3, 0.4) is 0 Å². The molecule has 1 aromatic carbocycles. The Morgan fingerprint density at radius 1 is 1.25 bits per heavy atom. The second-order valence-corrected chi connectivity index (χ2v) is 6.17. The van der Waals surface area contributed by atoms with Gasteiger partial charge in [0.1, 0.15) is 0 Å². The van der Waals surface area contributed by atoms with Gasteiger partial charge in [0.25, 0.3) is 5.91 Å². The molecule has 0 saturated heterocycles. The number of unbranched alkanes of at least 4 members (excludes halogenated alkanes) is 3. The molecular weight excluding hydrogens is 300 g/mol. The van der Waals surface area contributed by atoms with E-state index in [1.165, 1.54) is 19.3 Å². The van der Waals surface area contributed by atoms with Crippen molar-refractivity contribution in [1.82, 2.24) is 10.6 Å². The molecule has 0 saturated carbocycles. The van der Waals surface area contributed by atoms with E-state index in [2.05, 4.69) is 22.5 Å². The van der Waals surface area contributed by atoms with Gasteiger partial charge in [-0.2, -0.15) is 0 Å². The highest BCUT2D eigenvalue weighted by molar-refractivity contribution is 5.94. The van der Waals surface area contributed by atoms with Crippen LogP contribution in [-0.2, 0) is 6.54 Å². The van der Waals surface area contributed by atoms with Gasteiger partial charge in [0, 0.05) is 18.2 Å². The fourth-order valence-electron chi connectivity index (χ4n) is 2.22. The van der Waals surface area contributed by atoms with Crippen LogP contribution in [0.4, 0.5) is 0 Å². The molecule has 0 aliphatic rings. The van der Waals surface area contributed by atoms with Crippen molar-refractivity contribution in [3.8, 4) is 0 Å². The summed E-state index contributed by atoms with van der Waals surface area (Å²) in [5.41, 5.74) is 7.51. The van der Waals surface area contributed by atoms with Gasteiger partial charge >= 0.3 is 0 Å². The lowest BCUT2D eigenvalue weighted by Crippen LogP contribution is -2.32. The molecule has 1 amide bonds. The predicted octanol–water partition coefficient (Wildman–Crippen LogP) is 3.20. The molecule has 0 aliphatic heterocycles. The minimum Gasteiger partial charge on any atom is -0.370 e. The van der Waals surface area contributed by atoms with Gasteiger partial charge in [0.2, 0.25) is 0 Å². The zero-order valence-corrected chi connectivity index (χ0v) is 15.3. The van der Waals surface area contributed by atoms with E-state index in [4.69, 9.17) is 5.73 Å². The van der Waals surface area contributed by atoms with Crippen molar-refractivity contribution >= 4 is 11.9 Å². The third-order valence-corrected chi connectivity index (χ3v) is 3.95. The first-order valence-corrected chi connectivity index (χ1v) is 9.00. The lowest BCUT2D eigenvalue weighted by molar-refractivity contribution is 0.0939. The van der Waals surface area contributed by atoms with Crippen LogP contribution in [0.5, 0.6) is 0 Å². The molecule has 0 bridgehead atoms. The van der Waals surface area contributed by atoms with Crippen molar-refractivity contribution in [2.75, 3.05) is 6.54 Å². The van der Waals surface area contributed by atoms with Gasteiger partial charge in [-0.3, -0.25) is 4.79 Å². The van der Waals surface area contributed by atoms with Crippen LogP contribution in [0.1, 0.15) is 68.8 Å². The number of guanidine groups is 1. The summed E-state index contributed by atoms with van der Waals surface area (Å²) in [6, 6.07) is 7.70. The molecule has 24 heavy (non-hydrogen) atoms. The standard InChI is InChI=1S/C19H32N4O/c1-4-6-7-8-12-21-19(20)22-14-16-10-9-11-17(13-16)18(24)23-15(3)5-2/h9-11,13,15H,4-8,12,14H2,1-3H3,(H,23,24)(H3,20,21,22). The molecule has 5 heteroatoms. The van der Waals surface area contributed by atoms with Gasteiger partial charge in [-0.1, -0.05) is 45.2 Å². The number of benzene rings is 1. The normalized spacial score (nSPS) is 12.7. The van der Waals surface area contributed by atoms with Crippen LogP contribution >= 0.6 is 0 Å². The third-order valence-electron chi connectivity index (χ3n) is 3.95. The summed E-state index contributed by atoms with van der Waals surface area (Å²) in [4.78, 5) is 16.5. The second-order valence-electron chi connectivity index (χ2n) is 6.17. The number of hydrogen-bond acceptors (Lipinski definition) is 2. The molecule has 0 aliphatic carbocycles. The summed E-state index contributed by atoms with van der Waals surface area (Å²) < 4.78 is 0. The zero-order chi connectivity index (χ0) is 17.8. The molecule has 0 spiro atoms. The minimum atomic E-state index is -0.0443. The van der Waals surface area contributed by atoms with Gasteiger partial charge in [-0.15, -0.1) is 0 Å². The molecule has 0 heterocycles. The highest BCUT2D eigenvalue weighted by Crippen LogP contribution is 2.07. The Hall–Kier alpha value is -2.04. The minimum absolute atomic E-state index is 0.0443. The van der Waals surface area contributed by atoms with Crippen LogP contribution in [-0.4, -0.2) is 24.5 Å². The number of hydrogen-bond donors (Lipinski definition) is 3. The van der Waals surface area contributed by atoms with E-state index in [1.807, 2.05) is 38.1 Å². The highest BCUT2D eigenvalue weighted by atomic mass is 16.1. The first-order valence-electron chi connectivity index (χ1n) is 9.00. The van der Waals surface area contributed by atoms with E-state index in [0.717, 1.165) is 24.9 Å². The predicted molar refractivity (Wildman–Crippen MR) is 101 cm³/mol. The average molecular weight is 332 g/mol. The Morgan fingerprint density at radius 3 is 2.75 bits per heavy atom. The number of carbonyl (C=O) groups is 1. The van der Waals surface area contributed by atoms with Crippen LogP contribution in [0.15, 0.2) is 29.3 Å². The van der Waals surface area contributed by atoms with Crippen molar-refractivity contribution in [2.24, 2.45) is 10.7 Å². The van der Waals surface area contributed by atoms with E-state index in [1.54, 1.807) is 0 Å². The van der Waals surface area contributed by atoms with E-state index >= 15 is 0 Å². The molecule has 0 radical (unpaired) electrons. The summed E-state index contributed by atoms with van der Waals surface area (Å²) in [7, 11) is 0. The van der Waals surface area contributed by atoms with Crippen molar-refractivity contribution in [2.45, 2.75) is 65.5 Å². The first-order chi connectivity index (χ1) is 11.6. The fraction of sp³-hybridized carbons (Fsp3) is 0.579. The molecular formula is C19H32N4O. The van der Waals surface area contributed by atoms with E-state index in [-0.39, 0.29) is 11.9 Å². The molecule has 134 valence electrons. The van der Waals surface area contributed by atoms with Crippen LogP contribution in [0.2, 0.25) is 0 Å². The van der Waals surface area contributed by atoms with Crippen LogP contribution in [0.25, 0.3) is 0 Å².